The van der Waals surface area contributed by atoms with E-state index >= 15 is 0 Å². The van der Waals surface area contributed by atoms with Gasteiger partial charge in [0.05, 0.1) is 23.7 Å². The van der Waals surface area contributed by atoms with E-state index in [1.165, 1.54) is 11.3 Å². The minimum absolute atomic E-state index is 0.114. The third kappa shape index (κ3) is 3.88. The van der Waals surface area contributed by atoms with E-state index in [9.17, 15) is 4.79 Å². The summed E-state index contributed by atoms with van der Waals surface area (Å²) in [5.41, 5.74) is 2.69. The Kier molecular flexibility index (Phi) is 5.21. The summed E-state index contributed by atoms with van der Waals surface area (Å²) < 4.78 is 0. The van der Waals surface area contributed by atoms with Crippen molar-refractivity contribution < 1.29 is 4.79 Å². The molecule has 1 saturated heterocycles. The lowest BCUT2D eigenvalue weighted by atomic mass is 10.1. The molecule has 0 saturated carbocycles. The Morgan fingerprint density at radius 1 is 1.33 bits per heavy atom. The molecule has 0 bridgehead atoms. The molecule has 8 nitrogen and oxygen atoms in total. The molecule has 3 aromatic heterocycles. The van der Waals surface area contributed by atoms with Crippen LogP contribution in [-0.4, -0.2) is 61.6 Å². The van der Waals surface area contributed by atoms with Crippen molar-refractivity contribution in [3.05, 3.63) is 35.9 Å². The number of piperidine rings is 1. The lowest BCUT2D eigenvalue weighted by Gasteiger charge is -2.31. The molecule has 1 fully saturated rings. The van der Waals surface area contributed by atoms with Gasteiger partial charge < -0.3 is 10.2 Å². The first kappa shape index (κ1) is 17.7. The Labute approximate surface area is 161 Å². The molecule has 27 heavy (non-hydrogen) atoms. The van der Waals surface area contributed by atoms with Crippen LogP contribution in [0.15, 0.2) is 30.2 Å². The Morgan fingerprint density at radius 2 is 2.19 bits per heavy atom. The van der Waals surface area contributed by atoms with Crippen molar-refractivity contribution in [2.75, 3.05) is 19.6 Å². The van der Waals surface area contributed by atoms with Crippen molar-refractivity contribution in [2.24, 2.45) is 0 Å². The average molecular weight is 383 g/mol. The van der Waals surface area contributed by atoms with Crippen LogP contribution in [0.25, 0.3) is 22.0 Å². The van der Waals surface area contributed by atoms with Gasteiger partial charge in [0.1, 0.15) is 16.4 Å². The molecule has 0 aliphatic carbocycles. The molecule has 9 heteroatoms. The molecule has 4 heterocycles. The summed E-state index contributed by atoms with van der Waals surface area (Å²) in [7, 11) is 0. The molecule has 0 atom stereocenters. The molecule has 1 aliphatic heterocycles. The summed E-state index contributed by atoms with van der Waals surface area (Å²) in [5.74, 6) is -0.114. The molecular formula is C18H21N7OS. The predicted molar refractivity (Wildman–Crippen MR) is 103 cm³/mol. The minimum atomic E-state index is -0.114. The number of likely N-dealkylation sites (tertiary alicyclic amines) is 1. The molecule has 3 aromatic rings. The number of nitrogens with one attached hydrogen (secondary N) is 2. The van der Waals surface area contributed by atoms with Crippen molar-refractivity contribution in [3.8, 4) is 22.0 Å². The zero-order chi connectivity index (χ0) is 18.6. The van der Waals surface area contributed by atoms with E-state index in [1.807, 2.05) is 0 Å². The molecule has 1 amide bonds. The van der Waals surface area contributed by atoms with Gasteiger partial charge in [0.15, 0.2) is 0 Å². The third-order valence-electron chi connectivity index (χ3n) is 4.80. The smallest absolute Gasteiger partial charge is 0.270 e. The van der Waals surface area contributed by atoms with Crippen LogP contribution in [-0.2, 0) is 0 Å². The van der Waals surface area contributed by atoms with Crippen LogP contribution in [0.4, 0.5) is 0 Å². The van der Waals surface area contributed by atoms with E-state index in [4.69, 9.17) is 0 Å². The molecule has 1 aliphatic rings. The second-order valence-electron chi connectivity index (χ2n) is 6.47. The van der Waals surface area contributed by atoms with Gasteiger partial charge in [-0.25, -0.2) is 4.98 Å². The van der Waals surface area contributed by atoms with Crippen LogP contribution in [0.1, 0.15) is 30.3 Å². The average Bonchev–Trinajstić information content (AvgIpc) is 3.38. The highest BCUT2D eigenvalue weighted by molar-refractivity contribution is 7.13. The van der Waals surface area contributed by atoms with Crippen molar-refractivity contribution in [1.29, 1.82) is 0 Å². The first-order valence-electron chi connectivity index (χ1n) is 9.03. The number of aromatic amines is 1. The molecule has 0 spiro atoms. The number of carbonyl (C=O) groups is 1. The summed E-state index contributed by atoms with van der Waals surface area (Å²) in [5, 5.41) is 12.7. The fourth-order valence-electron chi connectivity index (χ4n) is 3.23. The van der Waals surface area contributed by atoms with E-state index in [1.54, 1.807) is 30.2 Å². The quantitative estimate of drug-likeness (QED) is 0.701. The van der Waals surface area contributed by atoms with E-state index in [-0.39, 0.29) is 11.9 Å². The predicted octanol–water partition coefficient (Wildman–Crippen LogP) is 2.20. The lowest BCUT2D eigenvalue weighted by Crippen LogP contribution is -2.44. The largest absolute Gasteiger partial charge is 0.348 e. The molecule has 2 N–H and O–H groups in total. The number of H-pyrrole nitrogens is 1. The van der Waals surface area contributed by atoms with Gasteiger partial charge in [-0.3, -0.25) is 19.9 Å². The highest BCUT2D eigenvalue weighted by Crippen LogP contribution is 2.30. The SMILES string of the molecule is CCN1CCC(NC(=O)c2csc(-c3cn[nH]c3-c3cnccn3)n2)CC1. The van der Waals surface area contributed by atoms with Crippen LogP contribution < -0.4 is 5.32 Å². The zero-order valence-corrected chi connectivity index (χ0v) is 15.9. The summed E-state index contributed by atoms with van der Waals surface area (Å²) in [6.45, 7) is 5.29. The highest BCUT2D eigenvalue weighted by Gasteiger charge is 2.22. The Balaban J connectivity index is 1.47. The Morgan fingerprint density at radius 3 is 2.93 bits per heavy atom. The van der Waals surface area contributed by atoms with Crippen LogP contribution in [0.3, 0.4) is 0 Å². The van der Waals surface area contributed by atoms with Gasteiger partial charge in [0, 0.05) is 36.9 Å². The minimum Gasteiger partial charge on any atom is -0.348 e. The van der Waals surface area contributed by atoms with Gasteiger partial charge in [0.25, 0.3) is 5.91 Å². The maximum atomic E-state index is 12.6. The molecule has 0 aromatic carbocycles. The van der Waals surface area contributed by atoms with Crippen molar-refractivity contribution in [2.45, 2.75) is 25.8 Å². The van der Waals surface area contributed by atoms with Crippen molar-refractivity contribution >= 4 is 17.2 Å². The van der Waals surface area contributed by atoms with Gasteiger partial charge in [-0.05, 0) is 19.4 Å². The van der Waals surface area contributed by atoms with Crippen molar-refractivity contribution in [3.63, 3.8) is 0 Å². The second-order valence-corrected chi connectivity index (χ2v) is 7.33. The van der Waals surface area contributed by atoms with Crippen molar-refractivity contribution in [1.82, 2.24) is 35.4 Å². The number of hydrogen-bond donors (Lipinski definition) is 2. The van der Waals surface area contributed by atoms with Crippen LogP contribution in [0.2, 0.25) is 0 Å². The van der Waals surface area contributed by atoms with Crippen LogP contribution in [0, 0.1) is 0 Å². The number of carbonyl (C=O) groups excluding carboxylic acids is 1. The number of rotatable bonds is 5. The fourth-order valence-corrected chi connectivity index (χ4v) is 4.04. The molecule has 140 valence electrons. The number of thiazole rings is 1. The Hall–Kier alpha value is -2.65. The van der Waals surface area contributed by atoms with E-state index in [0.717, 1.165) is 48.7 Å². The second kappa shape index (κ2) is 7.93. The molecule has 4 rings (SSSR count). The summed E-state index contributed by atoms with van der Waals surface area (Å²) in [6.07, 6.45) is 8.58. The molecule has 0 unspecified atom stereocenters. The summed E-state index contributed by atoms with van der Waals surface area (Å²) in [6, 6.07) is 0.217. The van der Waals surface area contributed by atoms with E-state index in [0.29, 0.717) is 11.4 Å². The maximum absolute atomic E-state index is 12.6. The maximum Gasteiger partial charge on any atom is 0.270 e. The van der Waals surface area contributed by atoms with Crippen LogP contribution in [0.5, 0.6) is 0 Å². The molecular weight excluding hydrogens is 362 g/mol. The van der Waals surface area contributed by atoms with Gasteiger partial charge in [-0.2, -0.15) is 5.10 Å². The first-order valence-corrected chi connectivity index (χ1v) is 9.91. The fraction of sp³-hybridized carbons (Fsp3) is 0.389. The van der Waals surface area contributed by atoms with Gasteiger partial charge in [0.2, 0.25) is 0 Å². The number of amides is 1. The topological polar surface area (TPSA) is 99.7 Å². The van der Waals surface area contributed by atoms with Gasteiger partial charge in [-0.15, -0.1) is 11.3 Å². The monoisotopic (exact) mass is 383 g/mol. The number of nitrogens with zero attached hydrogens (tertiary/aromatic N) is 5. The van der Waals surface area contributed by atoms with Crippen LogP contribution >= 0.6 is 11.3 Å². The number of aromatic nitrogens is 5. The molecule has 0 radical (unpaired) electrons. The standard InChI is InChI=1S/C18H21N7OS/c1-2-25-7-3-12(4-8-25)22-17(26)15-11-27-18(23-15)13-9-21-24-16(13)14-10-19-5-6-20-14/h5-6,9-12H,2-4,7-8H2,1H3,(H,21,24)(H,22,26). The van der Waals surface area contributed by atoms with E-state index in [2.05, 4.69) is 42.3 Å². The normalized spacial score (nSPS) is 15.7. The highest BCUT2D eigenvalue weighted by atomic mass is 32.1. The zero-order valence-electron chi connectivity index (χ0n) is 15.1. The van der Waals surface area contributed by atoms with Gasteiger partial charge >= 0.3 is 0 Å². The first-order chi connectivity index (χ1) is 13.2. The summed E-state index contributed by atoms with van der Waals surface area (Å²) in [4.78, 5) is 27.9. The Bertz CT molecular complexity index is 899. The number of hydrogen-bond acceptors (Lipinski definition) is 7. The lowest BCUT2D eigenvalue weighted by molar-refractivity contribution is 0.0908. The summed E-state index contributed by atoms with van der Waals surface area (Å²) >= 11 is 1.42. The van der Waals surface area contributed by atoms with E-state index < -0.39 is 0 Å². The van der Waals surface area contributed by atoms with Gasteiger partial charge in [-0.1, -0.05) is 6.92 Å². The third-order valence-corrected chi connectivity index (χ3v) is 5.67.